The Labute approximate surface area is 108 Å². The van der Waals surface area contributed by atoms with Crippen LogP contribution in [0.3, 0.4) is 0 Å². The first kappa shape index (κ1) is 13.6. The second-order valence-corrected chi connectivity index (χ2v) is 4.63. The van der Waals surface area contributed by atoms with E-state index < -0.39 is 10.1 Å². The van der Waals surface area contributed by atoms with Crippen LogP contribution in [-0.2, 0) is 10.1 Å². The van der Waals surface area contributed by atoms with Gasteiger partial charge in [0.15, 0.2) is 0 Å². The van der Waals surface area contributed by atoms with E-state index >= 15 is 0 Å². The summed E-state index contributed by atoms with van der Waals surface area (Å²) in [5.74, 6) is 0. The number of halogens is 1. The van der Waals surface area contributed by atoms with Crippen molar-refractivity contribution in [1.82, 2.24) is 0 Å². The Morgan fingerprint density at radius 2 is 1.92 bits per heavy atom. The molecule has 6 heteroatoms. The molecule has 0 aliphatic carbocycles. The first-order valence-corrected chi connectivity index (χ1v) is 5.33. The van der Waals surface area contributed by atoms with Crippen molar-refractivity contribution in [3.05, 3.63) is 28.2 Å². The summed E-state index contributed by atoms with van der Waals surface area (Å²) in [6, 6.07) is 4.57. The summed E-state index contributed by atoms with van der Waals surface area (Å²) in [6.45, 7) is 1.58. The van der Waals surface area contributed by atoms with Crippen molar-refractivity contribution in [2.45, 2.75) is 11.8 Å². The molecule has 0 aliphatic heterocycles. The zero-order valence-corrected chi connectivity index (χ0v) is 11.6. The normalized spacial score (nSPS) is 10.7. The summed E-state index contributed by atoms with van der Waals surface area (Å²) in [7, 11) is -4.34. The van der Waals surface area contributed by atoms with E-state index in [0.717, 1.165) is 0 Å². The van der Waals surface area contributed by atoms with Crippen LogP contribution >= 0.6 is 15.9 Å². The summed E-state index contributed by atoms with van der Waals surface area (Å²) in [5.41, 5.74) is 0.466. The molecule has 13 heavy (non-hydrogen) atoms. The van der Waals surface area contributed by atoms with Crippen molar-refractivity contribution in [2.24, 2.45) is 0 Å². The van der Waals surface area contributed by atoms with Crippen LogP contribution in [-0.4, -0.2) is 13.0 Å². The Morgan fingerprint density at radius 1 is 1.38 bits per heavy atom. The number of hydrogen-bond donors (Lipinski definition) is 0. The maximum atomic E-state index is 10.6. The zero-order chi connectivity index (χ0) is 9.35. The Bertz CT molecular complexity index is 402. The number of benzene rings is 1. The van der Waals surface area contributed by atoms with Gasteiger partial charge in [0.05, 0.1) is 4.90 Å². The van der Waals surface area contributed by atoms with Gasteiger partial charge < -0.3 is 4.55 Å². The quantitative estimate of drug-likeness (QED) is 0.470. The molecular formula is C7H6BrNaO3S. The van der Waals surface area contributed by atoms with Crippen molar-refractivity contribution in [1.29, 1.82) is 0 Å². The minimum Gasteiger partial charge on any atom is -0.744 e. The molecule has 0 aliphatic rings. The number of rotatable bonds is 1. The van der Waals surface area contributed by atoms with E-state index in [4.69, 9.17) is 0 Å². The predicted molar refractivity (Wildman–Crippen MR) is 46.8 cm³/mol. The van der Waals surface area contributed by atoms with Gasteiger partial charge in [0.1, 0.15) is 10.1 Å². The van der Waals surface area contributed by atoms with Gasteiger partial charge in [0, 0.05) is 4.47 Å². The fraction of sp³-hybridized carbons (Fsp3) is 0.143. The van der Waals surface area contributed by atoms with Gasteiger partial charge in [-0.15, -0.1) is 0 Å². The fourth-order valence-corrected chi connectivity index (χ4v) is 2.09. The van der Waals surface area contributed by atoms with Crippen LogP contribution in [0.25, 0.3) is 0 Å². The molecule has 1 aromatic carbocycles. The molecule has 0 saturated carbocycles. The zero-order valence-electron chi connectivity index (χ0n) is 7.24. The molecule has 0 atom stereocenters. The van der Waals surface area contributed by atoms with Crippen molar-refractivity contribution in [2.75, 3.05) is 0 Å². The molecular weight excluding hydrogens is 267 g/mol. The van der Waals surface area contributed by atoms with Crippen molar-refractivity contribution < 1.29 is 42.5 Å². The largest absolute Gasteiger partial charge is 1.00 e. The predicted octanol–water partition coefficient (Wildman–Crippen LogP) is -1.33. The third-order valence-corrected chi connectivity index (χ3v) is 2.89. The molecule has 0 aromatic heterocycles. The molecule has 1 rings (SSSR count). The van der Waals surface area contributed by atoms with Crippen LogP contribution in [0.2, 0.25) is 0 Å². The Kier molecular flexibility index (Phi) is 5.14. The summed E-state index contributed by atoms with van der Waals surface area (Å²) < 4.78 is 32.5. The molecule has 1 aromatic rings. The fourth-order valence-electron chi connectivity index (χ4n) is 0.843. The third-order valence-electron chi connectivity index (χ3n) is 1.42. The van der Waals surface area contributed by atoms with Gasteiger partial charge in [-0.1, -0.05) is 22.0 Å². The second-order valence-electron chi connectivity index (χ2n) is 2.36. The summed E-state index contributed by atoms with van der Waals surface area (Å²) >= 11 is 3.09. The summed E-state index contributed by atoms with van der Waals surface area (Å²) in [4.78, 5) is -0.170. The van der Waals surface area contributed by atoms with Gasteiger partial charge in [0.2, 0.25) is 0 Å². The molecule has 0 fully saturated rings. The Morgan fingerprint density at radius 3 is 2.31 bits per heavy atom. The number of aryl methyl sites for hydroxylation is 1. The van der Waals surface area contributed by atoms with Crippen molar-refractivity contribution in [3.8, 4) is 0 Å². The van der Waals surface area contributed by atoms with Crippen molar-refractivity contribution in [3.63, 3.8) is 0 Å². The molecule has 0 saturated heterocycles. The van der Waals surface area contributed by atoms with Gasteiger partial charge in [-0.05, 0) is 24.6 Å². The van der Waals surface area contributed by atoms with E-state index in [2.05, 4.69) is 15.9 Å². The minimum absolute atomic E-state index is 0. The van der Waals surface area contributed by atoms with E-state index in [1.807, 2.05) is 0 Å². The molecule has 0 N–H and O–H groups in total. The molecule has 0 bridgehead atoms. The van der Waals surface area contributed by atoms with E-state index in [1.165, 1.54) is 6.07 Å². The van der Waals surface area contributed by atoms with E-state index in [0.29, 0.717) is 10.0 Å². The molecule has 66 valence electrons. The van der Waals surface area contributed by atoms with Crippen molar-refractivity contribution >= 4 is 26.0 Å². The average molecular weight is 273 g/mol. The average Bonchev–Trinajstić information content (AvgIpc) is 1.92. The first-order valence-electron chi connectivity index (χ1n) is 3.13. The minimum atomic E-state index is -4.34. The molecule has 0 radical (unpaired) electrons. The van der Waals surface area contributed by atoms with Gasteiger partial charge >= 0.3 is 29.6 Å². The molecule has 3 nitrogen and oxygen atoms in total. The monoisotopic (exact) mass is 272 g/mol. The van der Waals surface area contributed by atoms with Crippen LogP contribution < -0.4 is 29.6 Å². The number of hydrogen-bond acceptors (Lipinski definition) is 3. The topological polar surface area (TPSA) is 57.2 Å². The van der Waals surface area contributed by atoms with Crippen LogP contribution in [0.1, 0.15) is 5.56 Å². The molecule has 0 amide bonds. The van der Waals surface area contributed by atoms with Crippen LogP contribution in [0.4, 0.5) is 0 Å². The SMILES string of the molecule is Cc1ccc(Br)cc1S(=O)(=O)[O-].[Na+]. The van der Waals surface area contributed by atoms with Gasteiger partial charge in [-0.2, -0.15) is 0 Å². The maximum absolute atomic E-state index is 10.6. The maximum Gasteiger partial charge on any atom is 1.00 e. The Balaban J connectivity index is 0.00000144. The van der Waals surface area contributed by atoms with Crippen LogP contribution in [0.15, 0.2) is 27.6 Å². The molecule has 0 heterocycles. The van der Waals surface area contributed by atoms with E-state index in [1.54, 1.807) is 19.1 Å². The van der Waals surface area contributed by atoms with Gasteiger partial charge in [-0.25, -0.2) is 8.42 Å². The second kappa shape index (κ2) is 4.91. The van der Waals surface area contributed by atoms with E-state index in [9.17, 15) is 13.0 Å². The van der Waals surface area contributed by atoms with Crippen LogP contribution in [0.5, 0.6) is 0 Å². The summed E-state index contributed by atoms with van der Waals surface area (Å²) in [5, 5.41) is 0. The molecule has 0 unspecified atom stereocenters. The first-order chi connectivity index (χ1) is 5.41. The Hall–Kier alpha value is 0.610. The van der Waals surface area contributed by atoms with Gasteiger partial charge in [0.25, 0.3) is 0 Å². The standard InChI is InChI=1S/C7H7BrO3S.Na/c1-5-2-3-6(8)4-7(5)12(9,10)11;/h2-4H,1H3,(H,9,10,11);/q;+1/p-1. The van der Waals surface area contributed by atoms with Crippen LogP contribution in [0, 0.1) is 6.92 Å². The molecule has 0 spiro atoms. The van der Waals surface area contributed by atoms with Gasteiger partial charge in [-0.3, -0.25) is 0 Å². The summed E-state index contributed by atoms with van der Waals surface area (Å²) in [6.07, 6.45) is 0. The van der Waals surface area contributed by atoms with E-state index in [-0.39, 0.29) is 34.5 Å². The third kappa shape index (κ3) is 3.69. The smallest absolute Gasteiger partial charge is 0.744 e.